The monoisotopic (exact) mass is 208 g/mol. The van der Waals surface area contributed by atoms with E-state index >= 15 is 0 Å². The van der Waals surface area contributed by atoms with Gasteiger partial charge >= 0.3 is 0 Å². The highest BCUT2D eigenvalue weighted by molar-refractivity contribution is 5.05. The highest BCUT2D eigenvalue weighted by Crippen LogP contribution is 2.42. The maximum absolute atomic E-state index is 2.58. The van der Waals surface area contributed by atoms with Crippen LogP contribution in [0.3, 0.4) is 0 Å². The lowest BCUT2D eigenvalue weighted by molar-refractivity contribution is 0.155. The fourth-order valence-electron chi connectivity index (χ4n) is 3.37. The Morgan fingerprint density at radius 2 is 1.80 bits per heavy atom. The second kappa shape index (κ2) is 5.18. The summed E-state index contributed by atoms with van der Waals surface area (Å²) in [5.74, 6) is 1.75. The Bertz CT molecular complexity index is 216. The molecule has 1 aliphatic rings. The molecule has 88 valence electrons. The normalized spacial score (nSPS) is 29.9. The second-order valence-electron chi connectivity index (χ2n) is 6.21. The molecule has 1 fully saturated rings. The van der Waals surface area contributed by atoms with Crippen molar-refractivity contribution in [2.24, 2.45) is 17.3 Å². The Morgan fingerprint density at radius 3 is 2.27 bits per heavy atom. The first kappa shape index (κ1) is 12.8. The van der Waals surface area contributed by atoms with Gasteiger partial charge in [-0.05, 0) is 49.4 Å². The van der Waals surface area contributed by atoms with E-state index < -0.39 is 0 Å². The first-order valence-corrected chi connectivity index (χ1v) is 6.66. The predicted molar refractivity (Wildman–Crippen MR) is 69.0 cm³/mol. The van der Waals surface area contributed by atoms with Gasteiger partial charge in [-0.3, -0.25) is 0 Å². The highest BCUT2D eigenvalue weighted by Gasteiger charge is 2.30. The van der Waals surface area contributed by atoms with Gasteiger partial charge in [0, 0.05) is 0 Å². The fraction of sp³-hybridized carbons (Fsp3) is 0.867. The largest absolute Gasteiger partial charge is 0.0822 e. The maximum atomic E-state index is 2.58. The Hall–Kier alpha value is -0.260. The van der Waals surface area contributed by atoms with E-state index in [0.717, 1.165) is 11.8 Å². The maximum Gasteiger partial charge on any atom is -0.0223 e. The predicted octanol–water partition coefficient (Wildman–Crippen LogP) is 5.20. The molecule has 15 heavy (non-hydrogen) atoms. The van der Waals surface area contributed by atoms with E-state index in [4.69, 9.17) is 0 Å². The quantitative estimate of drug-likeness (QED) is 0.559. The molecular weight excluding hydrogens is 180 g/mol. The molecule has 0 amide bonds. The summed E-state index contributed by atoms with van der Waals surface area (Å²) in [7, 11) is 0. The van der Waals surface area contributed by atoms with Crippen LogP contribution in [0.1, 0.15) is 66.7 Å². The summed E-state index contributed by atoms with van der Waals surface area (Å²) in [5, 5.41) is 0. The van der Waals surface area contributed by atoms with E-state index in [1.807, 2.05) is 0 Å². The average Bonchev–Trinajstić information content (AvgIpc) is 2.10. The van der Waals surface area contributed by atoms with Crippen LogP contribution in [0.5, 0.6) is 0 Å². The van der Waals surface area contributed by atoms with Crippen LogP contribution >= 0.6 is 0 Å². The summed E-state index contributed by atoms with van der Waals surface area (Å²) in [6.45, 7) is 11.8. The van der Waals surface area contributed by atoms with Gasteiger partial charge in [-0.15, -0.1) is 0 Å². The SMILES string of the molecule is CCC(=CC1CC(C)CC(C)(C)C1)CC. The number of hydrogen-bond acceptors (Lipinski definition) is 0. The van der Waals surface area contributed by atoms with Crippen molar-refractivity contribution < 1.29 is 0 Å². The lowest BCUT2D eigenvalue weighted by Crippen LogP contribution is -2.26. The topological polar surface area (TPSA) is 0 Å². The number of allylic oxidation sites excluding steroid dienone is 2. The summed E-state index contributed by atoms with van der Waals surface area (Å²) in [6, 6.07) is 0. The zero-order chi connectivity index (χ0) is 11.5. The van der Waals surface area contributed by atoms with E-state index in [0.29, 0.717) is 5.41 Å². The van der Waals surface area contributed by atoms with Crippen molar-refractivity contribution in [3.63, 3.8) is 0 Å². The molecule has 0 aromatic rings. The molecule has 0 heterocycles. The van der Waals surface area contributed by atoms with Crippen LogP contribution in [0.15, 0.2) is 11.6 Å². The molecule has 0 N–H and O–H groups in total. The molecule has 0 saturated heterocycles. The number of hydrogen-bond donors (Lipinski definition) is 0. The zero-order valence-electron chi connectivity index (χ0n) is 11.3. The third-order valence-electron chi connectivity index (χ3n) is 3.80. The molecule has 2 atom stereocenters. The van der Waals surface area contributed by atoms with E-state index in [9.17, 15) is 0 Å². The van der Waals surface area contributed by atoms with Crippen molar-refractivity contribution >= 4 is 0 Å². The van der Waals surface area contributed by atoms with Crippen molar-refractivity contribution in [3.8, 4) is 0 Å². The van der Waals surface area contributed by atoms with E-state index in [2.05, 4.69) is 40.7 Å². The molecule has 0 radical (unpaired) electrons. The molecule has 1 saturated carbocycles. The third kappa shape index (κ3) is 4.01. The smallest absolute Gasteiger partial charge is 0.0223 e. The van der Waals surface area contributed by atoms with Crippen LogP contribution in [-0.4, -0.2) is 0 Å². The summed E-state index contributed by atoms with van der Waals surface area (Å²) in [6.07, 6.45) is 9.26. The minimum absolute atomic E-state index is 0.561. The first-order valence-electron chi connectivity index (χ1n) is 6.66. The Morgan fingerprint density at radius 1 is 1.20 bits per heavy atom. The third-order valence-corrected chi connectivity index (χ3v) is 3.80. The molecule has 2 unspecified atom stereocenters. The van der Waals surface area contributed by atoms with Gasteiger partial charge < -0.3 is 0 Å². The standard InChI is InChI=1S/C15H28/c1-6-13(7-2)9-14-8-12(3)10-15(4,5)11-14/h9,12,14H,6-8,10-11H2,1-5H3. The van der Waals surface area contributed by atoms with Crippen LogP contribution < -0.4 is 0 Å². The average molecular weight is 208 g/mol. The molecule has 0 aromatic carbocycles. The van der Waals surface area contributed by atoms with Crippen molar-refractivity contribution in [3.05, 3.63) is 11.6 Å². The van der Waals surface area contributed by atoms with Gasteiger partial charge in [-0.2, -0.15) is 0 Å². The highest BCUT2D eigenvalue weighted by atomic mass is 14.4. The van der Waals surface area contributed by atoms with Crippen LogP contribution in [0.25, 0.3) is 0 Å². The van der Waals surface area contributed by atoms with Gasteiger partial charge in [0.2, 0.25) is 0 Å². The second-order valence-corrected chi connectivity index (χ2v) is 6.21. The van der Waals surface area contributed by atoms with Crippen molar-refractivity contribution in [1.29, 1.82) is 0 Å². The zero-order valence-corrected chi connectivity index (χ0v) is 11.3. The summed E-state index contributed by atoms with van der Waals surface area (Å²) >= 11 is 0. The van der Waals surface area contributed by atoms with Crippen molar-refractivity contribution in [1.82, 2.24) is 0 Å². The Balaban J connectivity index is 2.66. The molecule has 0 heteroatoms. The summed E-state index contributed by atoms with van der Waals surface area (Å²) in [4.78, 5) is 0. The Kier molecular flexibility index (Phi) is 4.43. The van der Waals surface area contributed by atoms with Crippen LogP contribution in [0, 0.1) is 17.3 Å². The van der Waals surface area contributed by atoms with Crippen molar-refractivity contribution in [2.75, 3.05) is 0 Å². The van der Waals surface area contributed by atoms with Gasteiger partial charge in [0.05, 0.1) is 0 Å². The molecule has 1 aliphatic carbocycles. The van der Waals surface area contributed by atoms with Gasteiger partial charge in [0.1, 0.15) is 0 Å². The van der Waals surface area contributed by atoms with E-state index in [1.54, 1.807) is 5.57 Å². The molecule has 0 nitrogen and oxygen atoms in total. The fourth-order valence-corrected chi connectivity index (χ4v) is 3.37. The van der Waals surface area contributed by atoms with E-state index in [-0.39, 0.29) is 0 Å². The first-order chi connectivity index (χ1) is 6.96. The van der Waals surface area contributed by atoms with Gasteiger partial charge in [-0.1, -0.05) is 46.3 Å². The summed E-state index contributed by atoms with van der Waals surface area (Å²) < 4.78 is 0. The molecule has 0 aromatic heterocycles. The van der Waals surface area contributed by atoms with Gasteiger partial charge in [0.25, 0.3) is 0 Å². The van der Waals surface area contributed by atoms with Gasteiger partial charge in [-0.25, -0.2) is 0 Å². The minimum Gasteiger partial charge on any atom is -0.0822 e. The Labute approximate surface area is 96.2 Å². The molecule has 0 spiro atoms. The lowest BCUT2D eigenvalue weighted by Gasteiger charge is -2.38. The van der Waals surface area contributed by atoms with Crippen molar-refractivity contribution in [2.45, 2.75) is 66.7 Å². The lowest BCUT2D eigenvalue weighted by atomic mass is 9.67. The van der Waals surface area contributed by atoms with Gasteiger partial charge in [0.15, 0.2) is 0 Å². The summed E-state index contributed by atoms with van der Waals surface area (Å²) in [5.41, 5.74) is 2.22. The van der Waals surface area contributed by atoms with Crippen LogP contribution in [0.4, 0.5) is 0 Å². The van der Waals surface area contributed by atoms with Crippen LogP contribution in [0.2, 0.25) is 0 Å². The minimum atomic E-state index is 0.561. The number of rotatable bonds is 3. The van der Waals surface area contributed by atoms with Crippen LogP contribution in [-0.2, 0) is 0 Å². The molecular formula is C15H28. The molecule has 0 bridgehead atoms. The molecule has 0 aliphatic heterocycles. The van der Waals surface area contributed by atoms with E-state index in [1.165, 1.54) is 32.1 Å². The molecule has 1 rings (SSSR count).